The second-order valence-electron chi connectivity index (χ2n) is 6.58. The van der Waals surface area contributed by atoms with E-state index >= 15 is 0 Å². The van der Waals surface area contributed by atoms with Crippen LogP contribution in [0.5, 0.6) is 0 Å². The van der Waals surface area contributed by atoms with Gasteiger partial charge in [0.2, 0.25) is 5.89 Å². The number of rotatable bonds is 4. The van der Waals surface area contributed by atoms with Crippen molar-refractivity contribution >= 4 is 28.8 Å². The van der Waals surface area contributed by atoms with Crippen LogP contribution in [0.4, 0.5) is 0 Å². The quantitative estimate of drug-likeness (QED) is 0.653. The van der Waals surface area contributed by atoms with E-state index in [1.807, 2.05) is 41.5 Å². The van der Waals surface area contributed by atoms with Crippen molar-refractivity contribution in [2.75, 3.05) is 26.2 Å². The number of aromatic nitrogens is 1. The van der Waals surface area contributed by atoms with E-state index in [0.29, 0.717) is 29.6 Å². The number of oxazole rings is 1. The molecule has 1 fully saturated rings. The van der Waals surface area contributed by atoms with E-state index in [4.69, 9.17) is 16.0 Å². The van der Waals surface area contributed by atoms with E-state index in [1.165, 1.54) is 0 Å². The zero-order chi connectivity index (χ0) is 18.8. The van der Waals surface area contributed by atoms with Crippen molar-refractivity contribution in [3.63, 3.8) is 0 Å². The van der Waals surface area contributed by atoms with Gasteiger partial charge in [-0.15, -0.1) is 11.3 Å². The molecule has 0 aliphatic carbocycles. The minimum atomic E-state index is 0.0368. The number of carbonyl (C=O) groups excluding carboxylic acids is 1. The third-order valence-electron chi connectivity index (χ3n) is 4.73. The van der Waals surface area contributed by atoms with Gasteiger partial charge in [-0.1, -0.05) is 23.7 Å². The van der Waals surface area contributed by atoms with Gasteiger partial charge < -0.3 is 9.32 Å². The van der Waals surface area contributed by atoms with Gasteiger partial charge in [0.1, 0.15) is 5.76 Å². The van der Waals surface area contributed by atoms with Crippen LogP contribution in [0.2, 0.25) is 5.02 Å². The summed E-state index contributed by atoms with van der Waals surface area (Å²) in [6.45, 7) is 5.71. The Labute approximate surface area is 167 Å². The summed E-state index contributed by atoms with van der Waals surface area (Å²) < 4.78 is 5.82. The molecule has 2 aromatic heterocycles. The van der Waals surface area contributed by atoms with Crippen LogP contribution in [0, 0.1) is 6.92 Å². The molecule has 0 bridgehead atoms. The number of thiophene rings is 1. The molecule has 1 aromatic carbocycles. The predicted molar refractivity (Wildman–Crippen MR) is 107 cm³/mol. The summed E-state index contributed by atoms with van der Waals surface area (Å²) >= 11 is 7.62. The fraction of sp³-hybridized carbons (Fsp3) is 0.300. The lowest BCUT2D eigenvalue weighted by Crippen LogP contribution is -2.48. The van der Waals surface area contributed by atoms with Gasteiger partial charge in [-0.25, -0.2) is 4.98 Å². The van der Waals surface area contributed by atoms with Crippen molar-refractivity contribution in [2.24, 2.45) is 0 Å². The number of piperazine rings is 1. The largest absolute Gasteiger partial charge is 0.440 e. The fourth-order valence-corrected chi connectivity index (χ4v) is 4.04. The van der Waals surface area contributed by atoms with Gasteiger partial charge in [0, 0.05) is 43.3 Å². The second kappa shape index (κ2) is 7.84. The number of nitrogens with zero attached hydrogens (tertiary/aromatic N) is 3. The molecule has 1 saturated heterocycles. The summed E-state index contributed by atoms with van der Waals surface area (Å²) in [4.78, 5) is 22.5. The summed E-state index contributed by atoms with van der Waals surface area (Å²) in [5.74, 6) is 1.58. The minimum absolute atomic E-state index is 0.0368. The van der Waals surface area contributed by atoms with Crippen molar-refractivity contribution in [1.82, 2.24) is 14.8 Å². The number of halogens is 1. The van der Waals surface area contributed by atoms with Crippen LogP contribution in [0.3, 0.4) is 0 Å². The maximum Gasteiger partial charge on any atom is 0.253 e. The Bertz CT molecular complexity index is 931. The molecule has 140 valence electrons. The summed E-state index contributed by atoms with van der Waals surface area (Å²) in [5, 5.41) is 2.60. The Morgan fingerprint density at radius 1 is 1.22 bits per heavy atom. The van der Waals surface area contributed by atoms with Crippen molar-refractivity contribution < 1.29 is 9.21 Å². The first-order chi connectivity index (χ1) is 13.1. The lowest BCUT2D eigenvalue weighted by molar-refractivity contribution is 0.0626. The van der Waals surface area contributed by atoms with E-state index in [2.05, 4.69) is 9.88 Å². The topological polar surface area (TPSA) is 49.6 Å². The van der Waals surface area contributed by atoms with Crippen LogP contribution in [0.25, 0.3) is 10.8 Å². The van der Waals surface area contributed by atoms with Gasteiger partial charge in [-0.3, -0.25) is 9.69 Å². The zero-order valence-electron chi connectivity index (χ0n) is 15.0. The van der Waals surface area contributed by atoms with Gasteiger partial charge in [0.15, 0.2) is 0 Å². The standard InChI is InChI=1S/C20H20ClN3O2S/c1-14-17(22-19(26-14)18-6-3-11-27-18)13-23-7-9-24(10-8-23)20(25)15-4-2-5-16(21)12-15/h2-6,11-12H,7-10,13H2,1H3. The van der Waals surface area contributed by atoms with Gasteiger partial charge in [0.05, 0.1) is 10.6 Å². The molecule has 1 amide bonds. The minimum Gasteiger partial charge on any atom is -0.440 e. The molecule has 7 heteroatoms. The summed E-state index contributed by atoms with van der Waals surface area (Å²) in [5.41, 5.74) is 1.61. The van der Waals surface area contributed by atoms with Gasteiger partial charge >= 0.3 is 0 Å². The van der Waals surface area contributed by atoms with Gasteiger partial charge in [-0.05, 0) is 36.6 Å². The third-order valence-corrected chi connectivity index (χ3v) is 5.82. The first kappa shape index (κ1) is 18.2. The smallest absolute Gasteiger partial charge is 0.253 e. The Kier molecular flexibility index (Phi) is 5.29. The lowest BCUT2D eigenvalue weighted by Gasteiger charge is -2.34. The number of hydrogen-bond donors (Lipinski definition) is 0. The highest BCUT2D eigenvalue weighted by atomic mass is 35.5. The van der Waals surface area contributed by atoms with Crippen LogP contribution < -0.4 is 0 Å². The Morgan fingerprint density at radius 3 is 2.74 bits per heavy atom. The lowest BCUT2D eigenvalue weighted by atomic mass is 10.2. The van der Waals surface area contributed by atoms with E-state index in [9.17, 15) is 4.79 Å². The molecule has 0 spiro atoms. The Balaban J connectivity index is 1.37. The zero-order valence-corrected chi connectivity index (χ0v) is 16.6. The van der Waals surface area contributed by atoms with Gasteiger partial charge in [-0.2, -0.15) is 0 Å². The maximum absolute atomic E-state index is 12.6. The Hall–Kier alpha value is -2.15. The maximum atomic E-state index is 12.6. The molecule has 4 rings (SSSR count). The molecule has 27 heavy (non-hydrogen) atoms. The molecule has 0 saturated carbocycles. The molecule has 1 aliphatic rings. The van der Waals surface area contributed by atoms with Gasteiger partial charge in [0.25, 0.3) is 5.91 Å². The van der Waals surface area contributed by atoms with Crippen LogP contribution in [0.15, 0.2) is 46.2 Å². The van der Waals surface area contributed by atoms with Crippen molar-refractivity contribution in [3.05, 3.63) is 63.8 Å². The Morgan fingerprint density at radius 2 is 2.04 bits per heavy atom. The van der Waals surface area contributed by atoms with E-state index in [0.717, 1.165) is 36.0 Å². The predicted octanol–water partition coefficient (Wildman–Crippen LogP) is 4.32. The molecule has 0 radical (unpaired) electrons. The van der Waals surface area contributed by atoms with Crippen LogP contribution in [-0.4, -0.2) is 46.9 Å². The van der Waals surface area contributed by atoms with E-state index in [-0.39, 0.29) is 5.91 Å². The van der Waals surface area contributed by atoms with Crippen molar-refractivity contribution in [3.8, 4) is 10.8 Å². The number of carbonyl (C=O) groups is 1. The summed E-state index contributed by atoms with van der Waals surface area (Å²) in [6, 6.07) is 11.1. The molecule has 1 aliphatic heterocycles. The second-order valence-corrected chi connectivity index (χ2v) is 7.96. The van der Waals surface area contributed by atoms with Crippen LogP contribution >= 0.6 is 22.9 Å². The molecule has 3 heterocycles. The van der Waals surface area contributed by atoms with Crippen molar-refractivity contribution in [2.45, 2.75) is 13.5 Å². The van der Waals surface area contributed by atoms with Crippen molar-refractivity contribution in [1.29, 1.82) is 0 Å². The average molecular weight is 402 g/mol. The first-order valence-electron chi connectivity index (χ1n) is 8.87. The molecule has 0 unspecified atom stereocenters. The van der Waals surface area contributed by atoms with Crippen LogP contribution in [-0.2, 0) is 6.54 Å². The average Bonchev–Trinajstić information content (AvgIpc) is 3.32. The molecule has 3 aromatic rings. The molecule has 5 nitrogen and oxygen atoms in total. The van der Waals surface area contributed by atoms with E-state index < -0.39 is 0 Å². The molecule has 0 N–H and O–H groups in total. The third kappa shape index (κ3) is 4.08. The number of benzene rings is 1. The highest BCUT2D eigenvalue weighted by Gasteiger charge is 2.24. The summed E-state index contributed by atoms with van der Waals surface area (Å²) in [6.07, 6.45) is 0. The molecule has 0 atom stereocenters. The number of aryl methyl sites for hydroxylation is 1. The summed E-state index contributed by atoms with van der Waals surface area (Å²) in [7, 11) is 0. The van der Waals surface area contributed by atoms with E-state index in [1.54, 1.807) is 23.5 Å². The SMILES string of the molecule is Cc1oc(-c2cccs2)nc1CN1CCN(C(=O)c2cccc(Cl)c2)CC1. The number of amides is 1. The monoisotopic (exact) mass is 401 g/mol. The normalized spacial score (nSPS) is 15.3. The molecular weight excluding hydrogens is 382 g/mol. The highest BCUT2D eigenvalue weighted by Crippen LogP contribution is 2.26. The fourth-order valence-electron chi connectivity index (χ4n) is 3.21. The molecular formula is C20H20ClN3O2S. The highest BCUT2D eigenvalue weighted by molar-refractivity contribution is 7.13. The number of hydrogen-bond acceptors (Lipinski definition) is 5. The first-order valence-corrected chi connectivity index (χ1v) is 10.1. The van der Waals surface area contributed by atoms with Crippen LogP contribution in [0.1, 0.15) is 21.8 Å².